The standard InChI is InChI=1S/C14H15NO3S/c1-14(2,3)19(17,18)12-6-4-5-10-9(12)7-8-11(15)13(10)16/h4-8,15H,1-3H3. The molecule has 4 nitrogen and oxygen atoms in total. The number of allylic oxidation sites excluding steroid dienone is 1. The van der Waals surface area contributed by atoms with Gasteiger partial charge in [-0.2, -0.15) is 0 Å². The maximum absolute atomic E-state index is 12.5. The van der Waals surface area contributed by atoms with Crippen molar-refractivity contribution in [3.63, 3.8) is 0 Å². The molecule has 0 unspecified atom stereocenters. The van der Waals surface area contributed by atoms with Crippen molar-refractivity contribution in [1.82, 2.24) is 0 Å². The van der Waals surface area contributed by atoms with E-state index in [1.165, 1.54) is 18.2 Å². The lowest BCUT2D eigenvalue weighted by Gasteiger charge is -2.22. The molecular weight excluding hydrogens is 262 g/mol. The van der Waals surface area contributed by atoms with Crippen LogP contribution < -0.4 is 0 Å². The van der Waals surface area contributed by atoms with Gasteiger partial charge in [0.05, 0.1) is 9.64 Å². The minimum absolute atomic E-state index is 0.127. The third kappa shape index (κ3) is 2.04. The molecule has 5 heteroatoms. The summed E-state index contributed by atoms with van der Waals surface area (Å²) in [5.41, 5.74) is 0.536. The molecule has 1 aromatic carbocycles. The van der Waals surface area contributed by atoms with Gasteiger partial charge in [-0.25, -0.2) is 8.42 Å². The number of carbonyl (C=O) groups is 1. The third-order valence-electron chi connectivity index (χ3n) is 3.07. The summed E-state index contributed by atoms with van der Waals surface area (Å²) in [6.07, 6.45) is 2.87. The molecule has 0 heterocycles. The molecular formula is C14H15NO3S. The molecule has 0 radical (unpaired) electrons. The molecule has 0 bridgehead atoms. The molecule has 2 rings (SSSR count). The summed E-state index contributed by atoms with van der Waals surface area (Å²) in [7, 11) is -3.53. The number of Topliss-reactive ketones (excluding diaryl/α,β-unsaturated/α-hetero) is 1. The SMILES string of the molecule is CC(C)(C)S(=O)(=O)c1cccc2c1C=CC(=N)C2=O. The maximum atomic E-state index is 12.5. The Morgan fingerprint density at radius 3 is 2.32 bits per heavy atom. The van der Waals surface area contributed by atoms with E-state index >= 15 is 0 Å². The Balaban J connectivity index is 2.77. The Morgan fingerprint density at radius 2 is 1.74 bits per heavy atom. The van der Waals surface area contributed by atoms with Crippen LogP contribution in [0, 0.1) is 5.41 Å². The van der Waals surface area contributed by atoms with Crippen LogP contribution in [-0.4, -0.2) is 24.7 Å². The highest BCUT2D eigenvalue weighted by Gasteiger charge is 2.34. The molecule has 0 fully saturated rings. The average Bonchev–Trinajstić information content (AvgIpc) is 2.32. The fourth-order valence-corrected chi connectivity index (χ4v) is 3.25. The average molecular weight is 277 g/mol. The first-order valence-electron chi connectivity index (χ1n) is 5.85. The molecule has 0 aliphatic heterocycles. The Hall–Kier alpha value is -1.75. The largest absolute Gasteiger partial charge is 0.297 e. The first kappa shape index (κ1) is 13.7. The number of rotatable bonds is 1. The Labute approximate surface area is 112 Å². The van der Waals surface area contributed by atoms with Crippen LogP contribution in [0.25, 0.3) is 6.08 Å². The van der Waals surface area contributed by atoms with Gasteiger partial charge in [0, 0.05) is 11.1 Å². The van der Waals surface area contributed by atoms with Crippen molar-refractivity contribution in [3.8, 4) is 0 Å². The van der Waals surface area contributed by atoms with Crippen molar-refractivity contribution in [1.29, 1.82) is 5.41 Å². The highest BCUT2D eigenvalue weighted by molar-refractivity contribution is 7.92. The molecule has 0 atom stereocenters. The second kappa shape index (κ2) is 4.13. The number of carbonyl (C=O) groups excluding carboxylic acids is 1. The zero-order valence-electron chi connectivity index (χ0n) is 11.0. The first-order valence-corrected chi connectivity index (χ1v) is 7.33. The lowest BCUT2D eigenvalue weighted by Crippen LogP contribution is -2.29. The van der Waals surface area contributed by atoms with Crippen LogP contribution in [0.5, 0.6) is 0 Å². The van der Waals surface area contributed by atoms with Crippen molar-refractivity contribution in [3.05, 3.63) is 35.4 Å². The Kier molecular flexibility index (Phi) is 2.97. The highest BCUT2D eigenvalue weighted by Crippen LogP contribution is 2.31. The second-order valence-electron chi connectivity index (χ2n) is 5.41. The summed E-state index contributed by atoms with van der Waals surface area (Å²) < 4.78 is 24.1. The number of ketones is 1. The minimum Gasteiger partial charge on any atom is -0.297 e. The molecule has 0 spiro atoms. The summed E-state index contributed by atoms with van der Waals surface area (Å²) >= 11 is 0. The van der Waals surface area contributed by atoms with Gasteiger partial charge in [-0.3, -0.25) is 10.2 Å². The molecule has 19 heavy (non-hydrogen) atoms. The van der Waals surface area contributed by atoms with E-state index < -0.39 is 20.4 Å². The molecule has 0 saturated carbocycles. The lowest BCUT2D eigenvalue weighted by molar-refractivity contribution is 0.106. The predicted octanol–water partition coefficient (Wildman–Crippen LogP) is 2.49. The van der Waals surface area contributed by atoms with Crippen LogP contribution in [-0.2, 0) is 9.84 Å². The number of hydrogen-bond donors (Lipinski definition) is 1. The van der Waals surface area contributed by atoms with Gasteiger partial charge in [0.2, 0.25) is 5.78 Å². The van der Waals surface area contributed by atoms with E-state index in [1.807, 2.05) is 0 Å². The fraction of sp³-hybridized carbons (Fsp3) is 0.286. The van der Waals surface area contributed by atoms with Crippen molar-refractivity contribution in [2.75, 3.05) is 0 Å². The molecule has 0 amide bonds. The zero-order valence-corrected chi connectivity index (χ0v) is 11.8. The van der Waals surface area contributed by atoms with E-state index in [1.54, 1.807) is 32.9 Å². The molecule has 1 N–H and O–H groups in total. The van der Waals surface area contributed by atoms with Crippen LogP contribution in [0.15, 0.2) is 29.2 Å². The van der Waals surface area contributed by atoms with Gasteiger partial charge in [-0.15, -0.1) is 0 Å². The molecule has 1 aliphatic carbocycles. The van der Waals surface area contributed by atoms with Crippen molar-refractivity contribution in [2.24, 2.45) is 0 Å². The number of fused-ring (bicyclic) bond motifs is 1. The Morgan fingerprint density at radius 1 is 1.11 bits per heavy atom. The van der Waals surface area contributed by atoms with Gasteiger partial charge in [0.25, 0.3) is 0 Å². The van der Waals surface area contributed by atoms with E-state index in [4.69, 9.17) is 5.41 Å². The maximum Gasteiger partial charge on any atom is 0.211 e. The fourth-order valence-electron chi connectivity index (χ4n) is 1.87. The first-order chi connectivity index (χ1) is 8.66. The summed E-state index contributed by atoms with van der Waals surface area (Å²) in [4.78, 5) is 12.0. The van der Waals surface area contributed by atoms with Gasteiger partial charge in [0.1, 0.15) is 5.71 Å². The van der Waals surface area contributed by atoms with Gasteiger partial charge in [0.15, 0.2) is 9.84 Å². The topological polar surface area (TPSA) is 75.1 Å². The number of hydrogen-bond acceptors (Lipinski definition) is 4. The molecule has 1 aliphatic rings. The molecule has 0 saturated heterocycles. The smallest absolute Gasteiger partial charge is 0.211 e. The van der Waals surface area contributed by atoms with E-state index in [9.17, 15) is 13.2 Å². The van der Waals surface area contributed by atoms with Crippen LogP contribution in [0.1, 0.15) is 36.7 Å². The number of benzene rings is 1. The Bertz CT molecular complexity index is 707. The molecule has 0 aromatic heterocycles. The van der Waals surface area contributed by atoms with E-state index in [0.717, 1.165) is 0 Å². The third-order valence-corrected chi connectivity index (χ3v) is 5.62. The quantitative estimate of drug-likeness (QED) is 0.856. The van der Waals surface area contributed by atoms with Gasteiger partial charge >= 0.3 is 0 Å². The monoisotopic (exact) mass is 277 g/mol. The summed E-state index contributed by atoms with van der Waals surface area (Å²) in [5.74, 6) is -0.441. The predicted molar refractivity (Wildman–Crippen MR) is 74.5 cm³/mol. The normalized spacial score (nSPS) is 15.5. The lowest BCUT2D eigenvalue weighted by atomic mass is 9.95. The number of sulfone groups is 1. The van der Waals surface area contributed by atoms with E-state index in [0.29, 0.717) is 5.56 Å². The molecule has 1 aromatic rings. The van der Waals surface area contributed by atoms with Crippen LogP contribution in [0.3, 0.4) is 0 Å². The van der Waals surface area contributed by atoms with Crippen LogP contribution in [0.2, 0.25) is 0 Å². The van der Waals surface area contributed by atoms with E-state index in [-0.39, 0.29) is 16.2 Å². The van der Waals surface area contributed by atoms with Crippen LogP contribution >= 0.6 is 0 Å². The number of nitrogens with one attached hydrogen (secondary N) is 1. The van der Waals surface area contributed by atoms with E-state index in [2.05, 4.69) is 0 Å². The summed E-state index contributed by atoms with van der Waals surface area (Å²) in [6, 6.07) is 4.60. The van der Waals surface area contributed by atoms with Crippen molar-refractivity contribution in [2.45, 2.75) is 30.4 Å². The van der Waals surface area contributed by atoms with Crippen molar-refractivity contribution < 1.29 is 13.2 Å². The zero-order chi connectivity index (χ0) is 14.4. The highest BCUT2D eigenvalue weighted by atomic mass is 32.2. The van der Waals surface area contributed by atoms with Gasteiger partial charge in [-0.1, -0.05) is 18.2 Å². The molecule has 100 valence electrons. The minimum atomic E-state index is -3.53. The summed E-state index contributed by atoms with van der Waals surface area (Å²) in [6.45, 7) is 4.87. The van der Waals surface area contributed by atoms with Gasteiger partial charge in [-0.05, 0) is 32.9 Å². The van der Waals surface area contributed by atoms with Crippen LogP contribution in [0.4, 0.5) is 0 Å². The van der Waals surface area contributed by atoms with Crippen molar-refractivity contribution >= 4 is 27.4 Å². The second-order valence-corrected chi connectivity index (χ2v) is 8.08. The summed E-state index contributed by atoms with van der Waals surface area (Å²) in [5, 5.41) is 7.49. The van der Waals surface area contributed by atoms with Gasteiger partial charge < -0.3 is 0 Å².